The molecule has 2 atom stereocenters. The van der Waals surface area contributed by atoms with Crippen LogP contribution >= 0.6 is 38.9 Å². The smallest absolute Gasteiger partial charge is 0.135 e. The Morgan fingerprint density at radius 3 is 2.89 bits per heavy atom. The molecule has 0 bridgehead atoms. The molecule has 3 rings (SSSR count). The first-order valence-electron chi connectivity index (χ1n) is 5.71. The van der Waals surface area contributed by atoms with Gasteiger partial charge in [-0.2, -0.15) is 0 Å². The van der Waals surface area contributed by atoms with Crippen LogP contribution in [0.5, 0.6) is 5.75 Å². The lowest BCUT2D eigenvalue weighted by atomic mass is 9.96. The molecule has 2 heterocycles. The molecule has 100 valence electrons. The van der Waals surface area contributed by atoms with Gasteiger partial charge in [-0.1, -0.05) is 17.7 Å². The van der Waals surface area contributed by atoms with Crippen molar-refractivity contribution < 1.29 is 9.13 Å². The first-order chi connectivity index (χ1) is 9.04. The van der Waals surface area contributed by atoms with Gasteiger partial charge in [-0.15, -0.1) is 11.3 Å². The van der Waals surface area contributed by atoms with Crippen molar-refractivity contribution in [1.29, 1.82) is 0 Å². The zero-order chi connectivity index (χ0) is 13.6. The first kappa shape index (κ1) is 13.4. The van der Waals surface area contributed by atoms with Crippen molar-refractivity contribution in [3.63, 3.8) is 0 Å². The molecule has 2 aromatic rings. The topological polar surface area (TPSA) is 35.2 Å². The Bertz CT molecular complexity index is 614. The Kier molecular flexibility index (Phi) is 3.55. The van der Waals surface area contributed by atoms with Crippen LogP contribution in [0.2, 0.25) is 4.34 Å². The van der Waals surface area contributed by atoms with Gasteiger partial charge in [0.15, 0.2) is 0 Å². The number of nitrogens with two attached hydrogens (primary N) is 1. The molecule has 0 amide bonds. The Morgan fingerprint density at radius 1 is 1.42 bits per heavy atom. The zero-order valence-electron chi connectivity index (χ0n) is 9.70. The van der Waals surface area contributed by atoms with Gasteiger partial charge < -0.3 is 10.5 Å². The van der Waals surface area contributed by atoms with Gasteiger partial charge in [0.2, 0.25) is 0 Å². The van der Waals surface area contributed by atoms with E-state index in [-0.39, 0.29) is 18.0 Å². The summed E-state index contributed by atoms with van der Waals surface area (Å²) >= 11 is 10.9. The highest BCUT2D eigenvalue weighted by Gasteiger charge is 2.28. The standard InChI is InChI=1S/C13H10BrClFNOS/c14-8-4-12(19-13(8)15)11-5-9(17)7-2-1-6(16)3-10(7)18-11/h1-4,9,11H,5,17H2/t9-,11?/m0/s1. The third-order valence-corrected chi connectivity index (χ3v) is 5.66. The van der Waals surface area contributed by atoms with Gasteiger partial charge >= 0.3 is 0 Å². The summed E-state index contributed by atoms with van der Waals surface area (Å²) in [4.78, 5) is 0.988. The van der Waals surface area contributed by atoms with E-state index in [0.717, 1.165) is 14.9 Å². The van der Waals surface area contributed by atoms with Crippen LogP contribution < -0.4 is 10.5 Å². The summed E-state index contributed by atoms with van der Waals surface area (Å²) in [7, 11) is 0. The minimum Gasteiger partial charge on any atom is -0.484 e. The molecule has 2 N–H and O–H groups in total. The highest BCUT2D eigenvalue weighted by Crippen LogP contribution is 2.44. The molecular formula is C13H10BrClFNOS. The van der Waals surface area contributed by atoms with Crippen molar-refractivity contribution in [1.82, 2.24) is 0 Å². The normalized spacial score (nSPS) is 21.9. The number of thiophene rings is 1. The van der Waals surface area contributed by atoms with Crippen LogP contribution in [0, 0.1) is 5.82 Å². The molecule has 0 spiro atoms. The van der Waals surface area contributed by atoms with E-state index in [9.17, 15) is 4.39 Å². The van der Waals surface area contributed by atoms with E-state index >= 15 is 0 Å². The number of hydrogen-bond acceptors (Lipinski definition) is 3. The van der Waals surface area contributed by atoms with Gasteiger partial charge in [0.25, 0.3) is 0 Å². The number of fused-ring (bicyclic) bond motifs is 1. The molecule has 1 unspecified atom stereocenters. The van der Waals surface area contributed by atoms with Crippen LogP contribution in [0.15, 0.2) is 28.7 Å². The Balaban J connectivity index is 1.96. The summed E-state index contributed by atoms with van der Waals surface area (Å²) in [5, 5.41) is 0. The fourth-order valence-electron chi connectivity index (χ4n) is 2.17. The molecule has 0 radical (unpaired) electrons. The molecule has 0 saturated carbocycles. The Hall–Kier alpha value is -0.620. The van der Waals surface area contributed by atoms with Crippen molar-refractivity contribution >= 4 is 38.9 Å². The number of rotatable bonds is 1. The van der Waals surface area contributed by atoms with Gasteiger partial charge in [0, 0.05) is 33.4 Å². The van der Waals surface area contributed by atoms with Crippen molar-refractivity contribution in [2.45, 2.75) is 18.6 Å². The van der Waals surface area contributed by atoms with E-state index < -0.39 is 0 Å². The maximum atomic E-state index is 13.3. The predicted octanol–water partition coefficient (Wildman–Crippen LogP) is 4.83. The third kappa shape index (κ3) is 2.52. The van der Waals surface area contributed by atoms with Gasteiger partial charge in [-0.05, 0) is 28.1 Å². The lowest BCUT2D eigenvalue weighted by molar-refractivity contribution is 0.164. The zero-order valence-corrected chi connectivity index (χ0v) is 12.9. The average Bonchev–Trinajstić information content (AvgIpc) is 2.69. The van der Waals surface area contributed by atoms with Crippen molar-refractivity contribution in [3.8, 4) is 5.75 Å². The summed E-state index contributed by atoms with van der Waals surface area (Å²) in [6.07, 6.45) is 0.472. The summed E-state index contributed by atoms with van der Waals surface area (Å²) in [6, 6.07) is 6.23. The van der Waals surface area contributed by atoms with Crippen LogP contribution in [0.25, 0.3) is 0 Å². The Labute approximate surface area is 127 Å². The van der Waals surface area contributed by atoms with Gasteiger partial charge in [0.1, 0.15) is 22.0 Å². The number of ether oxygens (including phenoxy) is 1. The van der Waals surface area contributed by atoms with E-state index in [4.69, 9.17) is 22.1 Å². The molecule has 1 aliphatic rings. The fraction of sp³-hybridized carbons (Fsp3) is 0.231. The highest BCUT2D eigenvalue weighted by atomic mass is 79.9. The van der Waals surface area contributed by atoms with Gasteiger partial charge in [-0.3, -0.25) is 0 Å². The number of halogens is 3. The van der Waals surface area contributed by atoms with Crippen LogP contribution in [0.4, 0.5) is 4.39 Å². The minimum absolute atomic E-state index is 0.158. The second kappa shape index (κ2) is 5.05. The van der Waals surface area contributed by atoms with E-state index in [1.807, 2.05) is 6.07 Å². The summed E-state index contributed by atoms with van der Waals surface area (Å²) in [5.41, 5.74) is 6.97. The van der Waals surface area contributed by atoms with Gasteiger partial charge in [0.05, 0.1) is 0 Å². The van der Waals surface area contributed by atoms with Crippen molar-refractivity contribution in [2.75, 3.05) is 0 Å². The lowest BCUT2D eigenvalue weighted by Crippen LogP contribution is -2.23. The monoisotopic (exact) mass is 361 g/mol. The average molecular weight is 363 g/mol. The molecule has 6 heteroatoms. The van der Waals surface area contributed by atoms with E-state index in [0.29, 0.717) is 16.5 Å². The highest BCUT2D eigenvalue weighted by molar-refractivity contribution is 9.10. The van der Waals surface area contributed by atoms with E-state index in [2.05, 4.69) is 15.9 Å². The van der Waals surface area contributed by atoms with Gasteiger partial charge in [-0.25, -0.2) is 4.39 Å². The Morgan fingerprint density at radius 2 is 2.21 bits per heavy atom. The molecule has 0 aliphatic carbocycles. The van der Waals surface area contributed by atoms with Crippen LogP contribution in [0.3, 0.4) is 0 Å². The molecular weight excluding hydrogens is 353 g/mol. The number of benzene rings is 1. The van der Waals surface area contributed by atoms with E-state index in [1.54, 1.807) is 6.07 Å². The lowest BCUT2D eigenvalue weighted by Gasteiger charge is -2.29. The first-order valence-corrected chi connectivity index (χ1v) is 7.70. The number of hydrogen-bond donors (Lipinski definition) is 1. The van der Waals surface area contributed by atoms with Crippen LogP contribution in [0.1, 0.15) is 29.0 Å². The maximum Gasteiger partial charge on any atom is 0.135 e. The van der Waals surface area contributed by atoms with Crippen LogP contribution in [-0.4, -0.2) is 0 Å². The second-order valence-electron chi connectivity index (χ2n) is 4.40. The largest absolute Gasteiger partial charge is 0.484 e. The third-order valence-electron chi connectivity index (χ3n) is 3.09. The summed E-state index contributed by atoms with van der Waals surface area (Å²) < 4.78 is 20.6. The minimum atomic E-state index is -0.322. The molecule has 1 aromatic heterocycles. The second-order valence-corrected chi connectivity index (χ2v) is 6.94. The summed E-state index contributed by atoms with van der Waals surface area (Å²) in [6.45, 7) is 0. The quantitative estimate of drug-likeness (QED) is 0.789. The molecule has 1 aliphatic heterocycles. The molecule has 2 nitrogen and oxygen atoms in total. The molecule has 0 saturated heterocycles. The predicted molar refractivity (Wildman–Crippen MR) is 78.3 cm³/mol. The molecule has 1 aromatic carbocycles. The van der Waals surface area contributed by atoms with E-state index in [1.165, 1.54) is 23.5 Å². The fourth-order valence-corrected chi connectivity index (χ4v) is 3.95. The maximum absolute atomic E-state index is 13.3. The molecule has 0 fully saturated rings. The van der Waals surface area contributed by atoms with Crippen molar-refractivity contribution in [2.24, 2.45) is 5.73 Å². The SMILES string of the molecule is N[C@H]1CC(c2cc(Br)c(Cl)s2)Oc2cc(F)ccc21. The molecule has 19 heavy (non-hydrogen) atoms. The van der Waals surface area contributed by atoms with Crippen LogP contribution in [-0.2, 0) is 0 Å². The van der Waals surface area contributed by atoms with Crippen molar-refractivity contribution in [3.05, 3.63) is 49.3 Å². The summed E-state index contributed by atoms with van der Waals surface area (Å²) in [5.74, 6) is 0.196.